The Hall–Kier alpha value is -1.15. The summed E-state index contributed by atoms with van der Waals surface area (Å²) in [6, 6.07) is 7.70. The average Bonchev–Trinajstić information content (AvgIpc) is 2.38. The monoisotopic (exact) mass is 402 g/mol. The summed E-state index contributed by atoms with van der Waals surface area (Å²) in [5.74, 6) is -0.323. The van der Waals surface area contributed by atoms with Gasteiger partial charge in [0.25, 0.3) is 0 Å². The van der Waals surface area contributed by atoms with Crippen molar-refractivity contribution in [3.63, 3.8) is 0 Å². The molecular weight excluding hydrogens is 387 g/mol. The van der Waals surface area contributed by atoms with Crippen molar-refractivity contribution >= 4 is 45.9 Å². The molecule has 0 saturated carbocycles. The van der Waals surface area contributed by atoms with E-state index >= 15 is 0 Å². The maximum atomic E-state index is 12.2. The molecule has 0 radical (unpaired) electrons. The predicted molar refractivity (Wildman–Crippen MR) is 90.1 cm³/mol. The molecule has 2 N–H and O–H groups in total. The molecule has 1 aromatic carbocycles. The average molecular weight is 402 g/mol. The zero-order chi connectivity index (χ0) is 14.7. The van der Waals surface area contributed by atoms with Crippen LogP contribution in [-0.4, -0.2) is 17.7 Å². The highest BCUT2D eigenvalue weighted by Gasteiger charge is 2.30. The molecule has 0 spiro atoms. The van der Waals surface area contributed by atoms with Gasteiger partial charge in [-0.25, -0.2) is 4.79 Å². The standard InChI is InChI=1S/C14H15IN2O2S/c1-3-19-13(18)11-8(2)16-14(20)17-12(11)9-4-6-10(15)7-5-9/h4-7,12H,3H2,1-2H3,(H2,16,17,20)/t12-/m1/s1. The Morgan fingerprint density at radius 2 is 2.05 bits per heavy atom. The van der Waals surface area contributed by atoms with Crippen molar-refractivity contribution in [3.8, 4) is 0 Å². The number of thiocarbonyl (C=S) groups is 1. The number of hydrogen-bond donors (Lipinski definition) is 2. The van der Waals surface area contributed by atoms with Gasteiger partial charge in [0.05, 0.1) is 18.2 Å². The van der Waals surface area contributed by atoms with Crippen molar-refractivity contribution in [3.05, 3.63) is 44.7 Å². The summed E-state index contributed by atoms with van der Waals surface area (Å²) < 4.78 is 6.28. The summed E-state index contributed by atoms with van der Waals surface area (Å²) in [5.41, 5.74) is 2.29. The summed E-state index contributed by atoms with van der Waals surface area (Å²) in [6.45, 7) is 3.97. The van der Waals surface area contributed by atoms with Crippen LogP contribution in [0.2, 0.25) is 0 Å². The molecule has 0 amide bonds. The minimum absolute atomic E-state index is 0.278. The number of halogens is 1. The van der Waals surface area contributed by atoms with E-state index in [0.717, 1.165) is 14.8 Å². The van der Waals surface area contributed by atoms with Gasteiger partial charge >= 0.3 is 5.97 Å². The largest absolute Gasteiger partial charge is 0.463 e. The highest BCUT2D eigenvalue weighted by atomic mass is 127. The first-order valence-electron chi connectivity index (χ1n) is 6.23. The predicted octanol–water partition coefficient (Wildman–Crippen LogP) is 2.65. The normalized spacial score (nSPS) is 18.4. The molecule has 0 fully saturated rings. The fourth-order valence-corrected chi connectivity index (χ4v) is 2.71. The van der Waals surface area contributed by atoms with Crippen LogP contribution in [0.5, 0.6) is 0 Å². The lowest BCUT2D eigenvalue weighted by molar-refractivity contribution is -0.139. The number of nitrogens with one attached hydrogen (secondary N) is 2. The Balaban J connectivity index is 2.41. The molecule has 1 aromatic rings. The van der Waals surface area contributed by atoms with E-state index in [2.05, 4.69) is 33.2 Å². The van der Waals surface area contributed by atoms with E-state index in [-0.39, 0.29) is 12.0 Å². The van der Waals surface area contributed by atoms with E-state index in [1.165, 1.54) is 0 Å². The van der Waals surface area contributed by atoms with Crippen LogP contribution in [0.15, 0.2) is 35.5 Å². The van der Waals surface area contributed by atoms with E-state index < -0.39 is 0 Å². The lowest BCUT2D eigenvalue weighted by Crippen LogP contribution is -2.45. The molecule has 0 saturated heterocycles. The third-order valence-electron chi connectivity index (χ3n) is 2.97. The molecule has 0 aromatic heterocycles. The van der Waals surface area contributed by atoms with Crippen molar-refractivity contribution in [2.45, 2.75) is 19.9 Å². The van der Waals surface area contributed by atoms with Crippen molar-refractivity contribution in [1.29, 1.82) is 0 Å². The van der Waals surface area contributed by atoms with Crippen molar-refractivity contribution < 1.29 is 9.53 Å². The first kappa shape index (κ1) is 15.2. The van der Waals surface area contributed by atoms with E-state index in [1.54, 1.807) is 6.92 Å². The van der Waals surface area contributed by atoms with Gasteiger partial charge in [-0.2, -0.15) is 0 Å². The Labute approximate surface area is 137 Å². The molecule has 0 bridgehead atoms. The van der Waals surface area contributed by atoms with E-state index in [9.17, 15) is 4.79 Å². The lowest BCUT2D eigenvalue weighted by Gasteiger charge is -2.29. The molecule has 1 aliphatic heterocycles. The minimum Gasteiger partial charge on any atom is -0.463 e. The first-order chi connectivity index (χ1) is 9.52. The lowest BCUT2D eigenvalue weighted by atomic mass is 9.96. The Morgan fingerprint density at radius 1 is 1.40 bits per heavy atom. The molecular formula is C14H15IN2O2S. The molecule has 1 heterocycles. The SMILES string of the molecule is CCOC(=O)C1=C(C)NC(=S)N[C@@H]1c1ccc(I)cc1. The summed E-state index contributed by atoms with van der Waals surface area (Å²) >= 11 is 7.43. The van der Waals surface area contributed by atoms with Crippen LogP contribution < -0.4 is 10.6 Å². The highest BCUT2D eigenvalue weighted by molar-refractivity contribution is 14.1. The van der Waals surface area contributed by atoms with Crippen LogP contribution in [0.3, 0.4) is 0 Å². The second kappa shape index (κ2) is 6.53. The molecule has 0 aliphatic carbocycles. The molecule has 20 heavy (non-hydrogen) atoms. The van der Waals surface area contributed by atoms with Crippen LogP contribution in [-0.2, 0) is 9.53 Å². The van der Waals surface area contributed by atoms with Gasteiger partial charge in [0.15, 0.2) is 5.11 Å². The fraction of sp³-hybridized carbons (Fsp3) is 0.286. The molecule has 4 nitrogen and oxygen atoms in total. The van der Waals surface area contributed by atoms with Gasteiger partial charge in [-0.3, -0.25) is 0 Å². The highest BCUT2D eigenvalue weighted by Crippen LogP contribution is 2.27. The van der Waals surface area contributed by atoms with Crippen LogP contribution in [0, 0.1) is 3.57 Å². The van der Waals surface area contributed by atoms with Gasteiger partial charge in [-0.15, -0.1) is 0 Å². The maximum Gasteiger partial charge on any atom is 0.338 e. The van der Waals surface area contributed by atoms with Crippen LogP contribution >= 0.6 is 34.8 Å². The number of esters is 1. The summed E-state index contributed by atoms with van der Waals surface area (Å²) in [6.07, 6.45) is 0. The molecule has 6 heteroatoms. The third kappa shape index (κ3) is 3.29. The number of hydrogen-bond acceptors (Lipinski definition) is 3. The van der Waals surface area contributed by atoms with E-state index in [1.807, 2.05) is 31.2 Å². The second-order valence-electron chi connectivity index (χ2n) is 4.34. The van der Waals surface area contributed by atoms with Crippen molar-refractivity contribution in [2.24, 2.45) is 0 Å². The van der Waals surface area contributed by atoms with Gasteiger partial charge < -0.3 is 15.4 Å². The zero-order valence-corrected chi connectivity index (χ0v) is 14.2. The Kier molecular flexibility index (Phi) is 4.98. The quantitative estimate of drug-likeness (QED) is 0.463. The van der Waals surface area contributed by atoms with Gasteiger partial charge in [-0.05, 0) is 66.4 Å². The van der Waals surface area contributed by atoms with Crippen LogP contribution in [0.25, 0.3) is 0 Å². The van der Waals surface area contributed by atoms with E-state index in [4.69, 9.17) is 17.0 Å². The topological polar surface area (TPSA) is 50.4 Å². The number of allylic oxidation sites excluding steroid dienone is 1. The number of carbonyl (C=O) groups is 1. The number of carbonyl (C=O) groups excluding carboxylic acids is 1. The van der Waals surface area contributed by atoms with Gasteiger partial charge in [0.2, 0.25) is 0 Å². The molecule has 2 rings (SSSR count). The summed E-state index contributed by atoms with van der Waals surface area (Å²) in [7, 11) is 0. The fourth-order valence-electron chi connectivity index (χ4n) is 2.08. The van der Waals surface area contributed by atoms with Crippen LogP contribution in [0.4, 0.5) is 0 Å². The van der Waals surface area contributed by atoms with Crippen molar-refractivity contribution in [2.75, 3.05) is 6.61 Å². The summed E-state index contributed by atoms with van der Waals surface area (Å²) in [4.78, 5) is 12.2. The first-order valence-corrected chi connectivity index (χ1v) is 7.72. The van der Waals surface area contributed by atoms with Gasteiger partial charge in [0.1, 0.15) is 0 Å². The smallest absolute Gasteiger partial charge is 0.338 e. The zero-order valence-electron chi connectivity index (χ0n) is 11.2. The summed E-state index contributed by atoms with van der Waals surface area (Å²) in [5, 5.41) is 6.62. The van der Waals surface area contributed by atoms with E-state index in [0.29, 0.717) is 17.3 Å². The maximum absolute atomic E-state index is 12.2. The van der Waals surface area contributed by atoms with Gasteiger partial charge in [-0.1, -0.05) is 12.1 Å². The van der Waals surface area contributed by atoms with Gasteiger partial charge in [0, 0.05) is 9.27 Å². The molecule has 1 aliphatic rings. The van der Waals surface area contributed by atoms with Crippen molar-refractivity contribution in [1.82, 2.24) is 10.6 Å². The second-order valence-corrected chi connectivity index (χ2v) is 6.00. The number of rotatable bonds is 3. The number of benzene rings is 1. The molecule has 106 valence electrons. The Morgan fingerprint density at radius 3 is 2.65 bits per heavy atom. The molecule has 1 atom stereocenters. The molecule has 0 unspecified atom stereocenters. The Bertz CT molecular complexity index is 569. The third-order valence-corrected chi connectivity index (χ3v) is 3.91. The van der Waals surface area contributed by atoms with Crippen LogP contribution in [0.1, 0.15) is 25.5 Å². The minimum atomic E-state index is -0.323. The number of ether oxygens (including phenoxy) is 1.